The molecule has 2 amide bonds. The van der Waals surface area contributed by atoms with Crippen molar-refractivity contribution in [3.05, 3.63) is 64.6 Å². The highest BCUT2D eigenvalue weighted by Gasteiger charge is 2.36. The van der Waals surface area contributed by atoms with E-state index in [2.05, 4.69) is 20.3 Å². The average Bonchev–Trinajstić information content (AvgIpc) is 2.83. The number of pyridine rings is 3. The van der Waals surface area contributed by atoms with E-state index in [1.165, 1.54) is 17.0 Å². The van der Waals surface area contributed by atoms with Crippen molar-refractivity contribution in [1.29, 1.82) is 0 Å². The van der Waals surface area contributed by atoms with Gasteiger partial charge in [0, 0.05) is 23.0 Å². The van der Waals surface area contributed by atoms with Gasteiger partial charge in [0.05, 0.1) is 29.1 Å². The average molecular weight is 494 g/mol. The second kappa shape index (κ2) is 8.64. The molecule has 0 saturated heterocycles. The third-order valence-corrected chi connectivity index (χ3v) is 5.51. The molecule has 0 bridgehead atoms. The molecule has 34 heavy (non-hydrogen) atoms. The van der Waals surface area contributed by atoms with Gasteiger partial charge in [0.1, 0.15) is 23.3 Å². The molecule has 0 spiro atoms. The van der Waals surface area contributed by atoms with Gasteiger partial charge in [0.15, 0.2) is 0 Å². The van der Waals surface area contributed by atoms with Gasteiger partial charge < -0.3 is 10.2 Å². The standard InChI is InChI=1S/C22H16ClF4N5O2/c1-10-5-15-18(20(23)30-10)14-6-13(24)8-29-19(14)11(2)21(34)32(15)9-17(33)31-16-4-3-12(7-28-16)22(25,26)27/h3-8,11H,9H2,1-2H3,(H,28,31,33)/t11-/m1/s1. The molecule has 7 nitrogen and oxygen atoms in total. The summed E-state index contributed by atoms with van der Waals surface area (Å²) in [6.45, 7) is 2.70. The molecule has 0 radical (unpaired) electrons. The minimum absolute atomic E-state index is 0.000337. The first kappa shape index (κ1) is 23.6. The summed E-state index contributed by atoms with van der Waals surface area (Å²) < 4.78 is 52.3. The van der Waals surface area contributed by atoms with Gasteiger partial charge in [-0.3, -0.25) is 14.6 Å². The van der Waals surface area contributed by atoms with Crippen molar-refractivity contribution in [2.45, 2.75) is 25.9 Å². The molecule has 0 unspecified atom stereocenters. The van der Waals surface area contributed by atoms with Gasteiger partial charge in [0.25, 0.3) is 0 Å². The maximum atomic E-state index is 14.0. The second-order valence-corrected chi connectivity index (χ2v) is 8.02. The molecule has 0 saturated carbocycles. The molecule has 1 aliphatic heterocycles. The topological polar surface area (TPSA) is 88.1 Å². The SMILES string of the molecule is Cc1cc2c(c(Cl)n1)-c1cc(F)cnc1[C@@H](C)C(=O)N2CC(=O)Nc1ccc(C(F)(F)F)cn1. The van der Waals surface area contributed by atoms with Crippen molar-refractivity contribution in [1.82, 2.24) is 15.0 Å². The van der Waals surface area contributed by atoms with Crippen molar-refractivity contribution in [2.75, 3.05) is 16.8 Å². The Bertz CT molecular complexity index is 1300. The van der Waals surface area contributed by atoms with Crippen molar-refractivity contribution < 1.29 is 27.2 Å². The summed E-state index contributed by atoms with van der Waals surface area (Å²) in [6, 6.07) is 4.52. The van der Waals surface area contributed by atoms with E-state index in [9.17, 15) is 27.2 Å². The highest BCUT2D eigenvalue weighted by molar-refractivity contribution is 6.33. The first-order valence-corrected chi connectivity index (χ1v) is 10.3. The van der Waals surface area contributed by atoms with E-state index >= 15 is 0 Å². The Morgan fingerprint density at radius 1 is 1.21 bits per heavy atom. The lowest BCUT2D eigenvalue weighted by molar-refractivity contribution is -0.137. The highest BCUT2D eigenvalue weighted by atomic mass is 35.5. The highest BCUT2D eigenvalue weighted by Crippen LogP contribution is 2.43. The first-order valence-electron chi connectivity index (χ1n) is 9.93. The van der Waals surface area contributed by atoms with Gasteiger partial charge >= 0.3 is 6.18 Å². The molecule has 4 rings (SSSR count). The Labute approximate surface area is 195 Å². The van der Waals surface area contributed by atoms with Crippen LogP contribution >= 0.6 is 11.6 Å². The monoisotopic (exact) mass is 493 g/mol. The number of nitrogens with one attached hydrogen (secondary N) is 1. The lowest BCUT2D eigenvalue weighted by Gasteiger charge is -2.24. The number of hydrogen-bond acceptors (Lipinski definition) is 5. The maximum absolute atomic E-state index is 14.0. The summed E-state index contributed by atoms with van der Waals surface area (Å²) in [5.74, 6) is -2.83. The first-order chi connectivity index (χ1) is 16.0. The van der Waals surface area contributed by atoms with Crippen molar-refractivity contribution in [2.24, 2.45) is 0 Å². The summed E-state index contributed by atoms with van der Waals surface area (Å²) in [4.78, 5) is 39.1. The van der Waals surface area contributed by atoms with E-state index in [1.807, 2.05) is 0 Å². The van der Waals surface area contributed by atoms with Crippen LogP contribution in [0, 0.1) is 12.7 Å². The van der Waals surface area contributed by atoms with Crippen LogP contribution in [0.3, 0.4) is 0 Å². The fourth-order valence-corrected chi connectivity index (χ4v) is 4.00. The summed E-state index contributed by atoms with van der Waals surface area (Å²) >= 11 is 6.38. The Morgan fingerprint density at radius 2 is 1.94 bits per heavy atom. The zero-order chi connectivity index (χ0) is 24.8. The van der Waals surface area contributed by atoms with Crippen molar-refractivity contribution in [3.63, 3.8) is 0 Å². The van der Waals surface area contributed by atoms with E-state index < -0.39 is 41.8 Å². The van der Waals surface area contributed by atoms with Crippen LogP contribution in [0.4, 0.5) is 29.1 Å². The number of alkyl halides is 3. The number of nitrogens with zero attached hydrogens (tertiary/aromatic N) is 4. The number of carbonyl (C=O) groups excluding carboxylic acids is 2. The van der Waals surface area contributed by atoms with Gasteiger partial charge in [0.2, 0.25) is 11.8 Å². The molecular formula is C22H16ClF4N5O2. The fraction of sp³-hybridized carbons (Fsp3) is 0.227. The summed E-state index contributed by atoms with van der Waals surface area (Å²) in [5.41, 5.74) is 0.509. The van der Waals surface area contributed by atoms with Crippen LogP contribution in [0.15, 0.2) is 36.7 Å². The molecule has 0 fully saturated rings. The fourth-order valence-electron chi connectivity index (χ4n) is 3.67. The van der Waals surface area contributed by atoms with E-state index in [1.54, 1.807) is 13.8 Å². The molecule has 0 aromatic carbocycles. The van der Waals surface area contributed by atoms with Crippen LogP contribution in [0.25, 0.3) is 11.1 Å². The molecule has 1 atom stereocenters. The Morgan fingerprint density at radius 3 is 2.59 bits per heavy atom. The minimum atomic E-state index is -4.57. The van der Waals surface area contributed by atoms with Gasteiger partial charge in [-0.25, -0.2) is 14.4 Å². The van der Waals surface area contributed by atoms with Crippen LogP contribution in [0.5, 0.6) is 0 Å². The lowest BCUT2D eigenvalue weighted by Crippen LogP contribution is -2.40. The van der Waals surface area contributed by atoms with Crippen LogP contribution in [0.1, 0.15) is 29.8 Å². The molecule has 4 heterocycles. The maximum Gasteiger partial charge on any atom is 0.417 e. The van der Waals surface area contributed by atoms with Crippen LogP contribution in [-0.4, -0.2) is 33.3 Å². The van der Waals surface area contributed by atoms with Crippen molar-refractivity contribution in [3.8, 4) is 11.1 Å². The van der Waals surface area contributed by atoms with Gasteiger partial charge in [-0.15, -0.1) is 0 Å². The van der Waals surface area contributed by atoms with E-state index in [-0.39, 0.29) is 33.5 Å². The summed E-state index contributed by atoms with van der Waals surface area (Å²) in [7, 11) is 0. The molecule has 1 N–H and O–H groups in total. The zero-order valence-electron chi connectivity index (χ0n) is 17.7. The number of halogens is 5. The Balaban J connectivity index is 1.70. The predicted octanol–water partition coefficient (Wildman–Crippen LogP) is 4.75. The number of fused-ring (bicyclic) bond motifs is 3. The Hall–Kier alpha value is -3.60. The quantitative estimate of drug-likeness (QED) is 0.420. The van der Waals surface area contributed by atoms with E-state index in [4.69, 9.17) is 11.6 Å². The predicted molar refractivity (Wildman–Crippen MR) is 116 cm³/mol. The number of carbonyl (C=O) groups is 2. The third kappa shape index (κ3) is 4.43. The second-order valence-electron chi connectivity index (χ2n) is 7.66. The summed E-state index contributed by atoms with van der Waals surface area (Å²) in [5, 5.41) is 2.38. The van der Waals surface area contributed by atoms with E-state index in [0.717, 1.165) is 18.3 Å². The smallest absolute Gasteiger partial charge is 0.309 e. The van der Waals surface area contributed by atoms with Crippen LogP contribution < -0.4 is 10.2 Å². The molecule has 1 aliphatic rings. The van der Waals surface area contributed by atoms with Crippen molar-refractivity contribution >= 4 is 34.9 Å². The number of aryl methyl sites for hydroxylation is 1. The summed E-state index contributed by atoms with van der Waals surface area (Å²) in [6.07, 6.45) is -2.99. The zero-order valence-corrected chi connectivity index (χ0v) is 18.5. The number of hydrogen-bond donors (Lipinski definition) is 1. The largest absolute Gasteiger partial charge is 0.417 e. The molecule has 0 aliphatic carbocycles. The number of aromatic nitrogens is 3. The van der Waals surface area contributed by atoms with E-state index in [0.29, 0.717) is 11.9 Å². The van der Waals surface area contributed by atoms with Gasteiger partial charge in [-0.05, 0) is 38.1 Å². The molecule has 176 valence electrons. The molecule has 3 aromatic heterocycles. The normalized spacial score (nSPS) is 15.4. The molecule has 3 aromatic rings. The Kier molecular flexibility index (Phi) is 5.98. The molecule has 12 heteroatoms. The van der Waals surface area contributed by atoms with Crippen LogP contribution in [0.2, 0.25) is 5.15 Å². The molecular weight excluding hydrogens is 478 g/mol. The number of anilines is 2. The van der Waals surface area contributed by atoms with Gasteiger partial charge in [-0.1, -0.05) is 11.6 Å². The lowest BCUT2D eigenvalue weighted by atomic mass is 9.98. The third-order valence-electron chi connectivity index (χ3n) is 5.23. The van der Waals surface area contributed by atoms with Gasteiger partial charge in [-0.2, -0.15) is 13.2 Å². The number of rotatable bonds is 3. The van der Waals surface area contributed by atoms with Crippen LogP contribution in [-0.2, 0) is 15.8 Å². The number of amides is 2. The minimum Gasteiger partial charge on any atom is -0.309 e.